The molecule has 118 valence electrons. The Bertz CT molecular complexity index is 750. The molecule has 2 aromatic carbocycles. The maximum Gasteiger partial charge on any atom is 0.269 e. The van der Waals surface area contributed by atoms with Crippen molar-refractivity contribution in [3.63, 3.8) is 0 Å². The predicted octanol–water partition coefficient (Wildman–Crippen LogP) is 3.98. The van der Waals surface area contributed by atoms with E-state index in [-0.39, 0.29) is 11.5 Å². The van der Waals surface area contributed by atoms with Crippen molar-refractivity contribution in [2.75, 3.05) is 7.05 Å². The minimum Gasteiger partial charge on any atom is -0.392 e. The SMILES string of the molecule is CNC(C)=CC(=Nc1ccc([N+](=O)[O-])cc1)c1ccc(F)cc1. The minimum atomic E-state index is -0.459. The molecule has 23 heavy (non-hydrogen) atoms. The first-order chi connectivity index (χ1) is 11.0. The summed E-state index contributed by atoms with van der Waals surface area (Å²) < 4.78 is 13.1. The summed E-state index contributed by atoms with van der Waals surface area (Å²) in [5, 5.41) is 13.7. The summed E-state index contributed by atoms with van der Waals surface area (Å²) in [5.41, 5.74) is 2.85. The summed E-state index contributed by atoms with van der Waals surface area (Å²) in [4.78, 5) is 14.7. The van der Waals surface area contributed by atoms with Crippen molar-refractivity contribution < 1.29 is 9.31 Å². The van der Waals surface area contributed by atoms with Crippen molar-refractivity contribution in [3.05, 3.63) is 81.8 Å². The summed E-state index contributed by atoms with van der Waals surface area (Å²) in [5.74, 6) is -0.322. The normalized spacial score (nSPS) is 12.1. The van der Waals surface area contributed by atoms with Gasteiger partial charge in [0, 0.05) is 30.4 Å². The summed E-state index contributed by atoms with van der Waals surface area (Å²) >= 11 is 0. The van der Waals surface area contributed by atoms with Crippen LogP contribution in [0.2, 0.25) is 0 Å². The molecule has 2 aromatic rings. The zero-order valence-corrected chi connectivity index (χ0v) is 12.8. The number of nitrogens with zero attached hydrogens (tertiary/aromatic N) is 2. The first-order valence-corrected chi connectivity index (χ1v) is 6.95. The number of hydrogen-bond acceptors (Lipinski definition) is 4. The third-order valence-corrected chi connectivity index (χ3v) is 3.20. The average molecular weight is 313 g/mol. The van der Waals surface area contributed by atoms with E-state index >= 15 is 0 Å². The van der Waals surface area contributed by atoms with Crippen LogP contribution in [0.3, 0.4) is 0 Å². The van der Waals surface area contributed by atoms with Crippen LogP contribution in [0.5, 0.6) is 0 Å². The Labute approximate surface area is 133 Å². The molecule has 0 radical (unpaired) electrons. The van der Waals surface area contributed by atoms with E-state index in [4.69, 9.17) is 0 Å². The largest absolute Gasteiger partial charge is 0.392 e. The lowest BCUT2D eigenvalue weighted by Crippen LogP contribution is -2.06. The Kier molecular flexibility index (Phi) is 5.19. The fourth-order valence-corrected chi connectivity index (χ4v) is 1.87. The number of nitrogens with one attached hydrogen (secondary N) is 1. The number of nitro benzene ring substituents is 1. The predicted molar refractivity (Wildman–Crippen MR) is 88.5 cm³/mol. The number of nitro groups is 1. The zero-order valence-electron chi connectivity index (χ0n) is 12.8. The molecule has 0 spiro atoms. The molecule has 0 atom stereocenters. The van der Waals surface area contributed by atoms with Crippen molar-refractivity contribution in [1.29, 1.82) is 0 Å². The van der Waals surface area contributed by atoms with Crippen molar-refractivity contribution in [3.8, 4) is 0 Å². The smallest absolute Gasteiger partial charge is 0.269 e. The van der Waals surface area contributed by atoms with Gasteiger partial charge in [-0.1, -0.05) is 0 Å². The summed E-state index contributed by atoms with van der Waals surface area (Å²) in [6.07, 6.45) is 1.83. The van der Waals surface area contributed by atoms with E-state index in [0.29, 0.717) is 11.4 Å². The maximum absolute atomic E-state index is 13.1. The van der Waals surface area contributed by atoms with Gasteiger partial charge >= 0.3 is 0 Å². The topological polar surface area (TPSA) is 67.5 Å². The maximum atomic E-state index is 13.1. The van der Waals surface area contributed by atoms with Gasteiger partial charge in [0.1, 0.15) is 5.82 Å². The molecule has 2 rings (SSSR count). The molecule has 6 heteroatoms. The number of non-ortho nitro benzene ring substituents is 1. The van der Waals surface area contributed by atoms with Crippen LogP contribution in [-0.4, -0.2) is 17.7 Å². The van der Waals surface area contributed by atoms with Gasteiger partial charge in [-0.25, -0.2) is 9.38 Å². The second-order valence-electron chi connectivity index (χ2n) is 4.85. The fourth-order valence-electron chi connectivity index (χ4n) is 1.87. The van der Waals surface area contributed by atoms with Crippen LogP contribution in [0, 0.1) is 15.9 Å². The van der Waals surface area contributed by atoms with Crippen LogP contribution < -0.4 is 5.32 Å². The number of hydrogen-bond donors (Lipinski definition) is 1. The first-order valence-electron chi connectivity index (χ1n) is 6.95. The van der Waals surface area contributed by atoms with Crippen molar-refractivity contribution >= 4 is 17.1 Å². The van der Waals surface area contributed by atoms with Gasteiger partial charge in [0.25, 0.3) is 5.69 Å². The summed E-state index contributed by atoms with van der Waals surface area (Å²) in [6, 6.07) is 11.9. The van der Waals surface area contributed by atoms with Crippen LogP contribution in [-0.2, 0) is 0 Å². The minimum absolute atomic E-state index is 0.00855. The van der Waals surface area contributed by atoms with Gasteiger partial charge in [-0.2, -0.15) is 0 Å². The van der Waals surface area contributed by atoms with Gasteiger partial charge < -0.3 is 5.32 Å². The lowest BCUT2D eigenvalue weighted by atomic mass is 10.1. The molecule has 0 saturated carbocycles. The van der Waals surface area contributed by atoms with E-state index in [1.54, 1.807) is 31.3 Å². The monoisotopic (exact) mass is 313 g/mol. The molecule has 0 bridgehead atoms. The lowest BCUT2D eigenvalue weighted by molar-refractivity contribution is -0.384. The third-order valence-electron chi connectivity index (χ3n) is 3.20. The van der Waals surface area contributed by atoms with Gasteiger partial charge in [-0.05, 0) is 49.4 Å². The quantitative estimate of drug-likeness (QED) is 0.516. The van der Waals surface area contributed by atoms with Gasteiger partial charge in [0.15, 0.2) is 0 Å². The molecule has 1 N–H and O–H groups in total. The highest BCUT2D eigenvalue weighted by Crippen LogP contribution is 2.20. The Balaban J connectivity index is 2.43. The Morgan fingerprint density at radius 1 is 1.17 bits per heavy atom. The van der Waals surface area contributed by atoms with Crippen molar-refractivity contribution in [2.45, 2.75) is 6.92 Å². The Morgan fingerprint density at radius 3 is 2.30 bits per heavy atom. The van der Waals surface area contributed by atoms with Crippen LogP contribution in [0.25, 0.3) is 0 Å². The van der Waals surface area contributed by atoms with Crippen LogP contribution in [0.1, 0.15) is 12.5 Å². The van der Waals surface area contributed by atoms with Gasteiger partial charge in [-0.15, -0.1) is 0 Å². The van der Waals surface area contributed by atoms with Gasteiger partial charge in [-0.3, -0.25) is 10.1 Å². The molecule has 0 aliphatic heterocycles. The van der Waals surface area contributed by atoms with Crippen molar-refractivity contribution in [1.82, 2.24) is 5.32 Å². The van der Waals surface area contributed by atoms with E-state index in [0.717, 1.165) is 11.3 Å². The van der Waals surface area contributed by atoms with Crippen LogP contribution in [0.4, 0.5) is 15.8 Å². The number of benzene rings is 2. The second kappa shape index (κ2) is 7.31. The van der Waals surface area contributed by atoms with Crippen LogP contribution >= 0.6 is 0 Å². The molecule has 0 saturated heterocycles. The second-order valence-corrected chi connectivity index (χ2v) is 4.85. The number of allylic oxidation sites excluding steroid dienone is 2. The molecule has 0 amide bonds. The van der Waals surface area contributed by atoms with E-state index in [2.05, 4.69) is 10.3 Å². The third kappa shape index (κ3) is 4.47. The molecule has 5 nitrogen and oxygen atoms in total. The molecule has 0 aliphatic carbocycles. The van der Waals surface area contributed by atoms with Gasteiger partial charge in [0.2, 0.25) is 0 Å². The average Bonchev–Trinajstić information content (AvgIpc) is 2.55. The van der Waals surface area contributed by atoms with E-state index in [1.165, 1.54) is 24.3 Å². The fraction of sp³-hybridized carbons (Fsp3) is 0.118. The Hall–Kier alpha value is -3.02. The van der Waals surface area contributed by atoms with Gasteiger partial charge in [0.05, 0.1) is 16.3 Å². The van der Waals surface area contributed by atoms with Crippen molar-refractivity contribution in [2.24, 2.45) is 4.99 Å². The standard InChI is InChI=1S/C17H16FN3O2/c1-12(19-2)11-17(13-3-5-14(18)6-4-13)20-15-7-9-16(10-8-15)21(22)23/h3-11,19H,1-2H3. The molecule has 0 unspecified atom stereocenters. The summed E-state index contributed by atoms with van der Waals surface area (Å²) in [6.45, 7) is 1.88. The highest BCUT2D eigenvalue weighted by molar-refractivity contribution is 6.10. The number of halogens is 1. The van der Waals surface area contributed by atoms with E-state index < -0.39 is 4.92 Å². The molecule has 0 aliphatic rings. The molecule has 0 aromatic heterocycles. The number of rotatable bonds is 5. The first kappa shape index (κ1) is 16.4. The number of aliphatic imine (C=N–C) groups is 1. The highest BCUT2D eigenvalue weighted by Gasteiger charge is 2.06. The Morgan fingerprint density at radius 2 is 1.78 bits per heavy atom. The van der Waals surface area contributed by atoms with E-state index in [1.807, 2.05) is 13.0 Å². The zero-order chi connectivity index (χ0) is 16.8. The molecule has 0 heterocycles. The lowest BCUT2D eigenvalue weighted by Gasteiger charge is -2.05. The highest BCUT2D eigenvalue weighted by atomic mass is 19.1. The van der Waals surface area contributed by atoms with E-state index in [9.17, 15) is 14.5 Å². The molecule has 0 fully saturated rings. The van der Waals surface area contributed by atoms with Crippen LogP contribution in [0.15, 0.2) is 65.3 Å². The molecular weight excluding hydrogens is 297 g/mol. The summed E-state index contributed by atoms with van der Waals surface area (Å²) in [7, 11) is 1.79. The molecular formula is C17H16FN3O2.